The number of aryl methyl sites for hydroxylation is 2. The molecule has 26 heavy (non-hydrogen) atoms. The van der Waals surface area contributed by atoms with Crippen LogP contribution in [0.15, 0.2) is 40.7 Å². The van der Waals surface area contributed by atoms with Crippen LogP contribution in [0.3, 0.4) is 0 Å². The van der Waals surface area contributed by atoms with E-state index >= 15 is 0 Å². The molecule has 1 amide bonds. The number of hydrogen-bond acceptors (Lipinski definition) is 6. The van der Waals surface area contributed by atoms with Crippen LogP contribution in [0, 0.1) is 19.3 Å². The van der Waals surface area contributed by atoms with Crippen LogP contribution in [0.1, 0.15) is 16.8 Å². The Hall–Kier alpha value is -2.71. The van der Waals surface area contributed by atoms with Crippen molar-refractivity contribution in [2.75, 3.05) is 4.90 Å². The number of amides is 1. The molecule has 0 radical (unpaired) electrons. The molecule has 0 atom stereocenters. The number of nitrogens with one attached hydrogen (secondary N) is 2. The summed E-state index contributed by atoms with van der Waals surface area (Å²) in [7, 11) is 0. The topological polar surface area (TPSA) is 85.7 Å². The van der Waals surface area contributed by atoms with Gasteiger partial charge in [-0.15, -0.1) is 11.3 Å². The van der Waals surface area contributed by atoms with E-state index in [-0.39, 0.29) is 11.1 Å². The highest BCUT2D eigenvalue weighted by Gasteiger charge is 2.35. The Labute approximate surface area is 158 Å². The van der Waals surface area contributed by atoms with Gasteiger partial charge in [-0.05, 0) is 31.7 Å². The first kappa shape index (κ1) is 16.7. The molecule has 6 nitrogen and oxygen atoms in total. The van der Waals surface area contributed by atoms with Gasteiger partial charge in [-0.25, -0.2) is 9.88 Å². The van der Waals surface area contributed by atoms with Gasteiger partial charge in [0.15, 0.2) is 10.3 Å². The maximum atomic E-state index is 12.8. The summed E-state index contributed by atoms with van der Waals surface area (Å²) in [5.74, 6) is -0.231. The van der Waals surface area contributed by atoms with E-state index in [2.05, 4.69) is 15.2 Å². The molecule has 1 aliphatic rings. The number of hydrogen-bond donors (Lipinski definition) is 2. The molecule has 0 aliphatic carbocycles. The number of carbonyl (C=O) groups excluding carboxylic acids is 1. The van der Waals surface area contributed by atoms with Crippen molar-refractivity contribution in [2.45, 2.75) is 13.8 Å². The minimum Gasteiger partial charge on any atom is -0.278 e. The standard InChI is InChI=1S/C18H15N5OS2/c1-10-3-5-12(6-4-10)15-13(8-20-22-15)7-14-16(24)23(17(19)26-14)18-21-11(2)9-25-18/h3-9,19H,1-2H3,(H,20,22)/b14-7-,19-17?. The highest BCUT2D eigenvalue weighted by Crippen LogP contribution is 2.37. The first-order chi connectivity index (χ1) is 12.5. The van der Waals surface area contributed by atoms with Crippen molar-refractivity contribution in [3.8, 4) is 11.3 Å². The Bertz CT molecular complexity index is 1030. The van der Waals surface area contributed by atoms with Gasteiger partial charge in [0.05, 0.1) is 22.5 Å². The van der Waals surface area contributed by atoms with Crippen molar-refractivity contribution >= 4 is 45.4 Å². The molecular weight excluding hydrogens is 366 g/mol. The summed E-state index contributed by atoms with van der Waals surface area (Å²) in [5, 5.41) is 17.8. The number of aromatic amines is 1. The third-order valence-corrected chi connectivity index (χ3v) is 5.75. The summed E-state index contributed by atoms with van der Waals surface area (Å²) in [6.07, 6.45) is 3.47. The summed E-state index contributed by atoms with van der Waals surface area (Å²) in [5.41, 5.74) is 4.68. The van der Waals surface area contributed by atoms with Gasteiger partial charge < -0.3 is 0 Å². The van der Waals surface area contributed by atoms with Gasteiger partial charge in [-0.1, -0.05) is 29.8 Å². The monoisotopic (exact) mass is 381 g/mol. The molecule has 0 unspecified atom stereocenters. The van der Waals surface area contributed by atoms with Crippen molar-refractivity contribution in [3.05, 3.63) is 57.6 Å². The number of nitrogens with zero attached hydrogens (tertiary/aromatic N) is 3. The maximum absolute atomic E-state index is 12.8. The van der Waals surface area contributed by atoms with E-state index in [0.29, 0.717) is 10.0 Å². The Morgan fingerprint density at radius 1 is 1.23 bits per heavy atom. The molecular formula is C18H15N5OS2. The molecule has 0 spiro atoms. The van der Waals surface area contributed by atoms with Gasteiger partial charge in [0.25, 0.3) is 5.91 Å². The zero-order valence-electron chi connectivity index (χ0n) is 14.1. The summed E-state index contributed by atoms with van der Waals surface area (Å²) in [6, 6.07) is 8.10. The Balaban J connectivity index is 1.68. The Morgan fingerprint density at radius 2 is 2.00 bits per heavy atom. The molecule has 1 saturated heterocycles. The van der Waals surface area contributed by atoms with Crippen molar-refractivity contribution < 1.29 is 4.79 Å². The van der Waals surface area contributed by atoms with E-state index < -0.39 is 0 Å². The number of thiazole rings is 1. The zero-order chi connectivity index (χ0) is 18.3. The van der Waals surface area contributed by atoms with Gasteiger partial charge in [0.2, 0.25) is 0 Å². The van der Waals surface area contributed by atoms with E-state index in [1.807, 2.05) is 43.5 Å². The fourth-order valence-corrected chi connectivity index (χ4v) is 4.30. The number of amidine groups is 1. The molecule has 0 saturated carbocycles. The molecule has 1 aromatic carbocycles. The predicted octanol–water partition coefficient (Wildman–Crippen LogP) is 4.21. The van der Waals surface area contributed by atoms with Gasteiger partial charge >= 0.3 is 0 Å². The Morgan fingerprint density at radius 3 is 2.69 bits per heavy atom. The summed E-state index contributed by atoms with van der Waals surface area (Å²) in [4.78, 5) is 18.9. The highest BCUT2D eigenvalue weighted by atomic mass is 32.2. The van der Waals surface area contributed by atoms with Crippen molar-refractivity contribution in [3.63, 3.8) is 0 Å². The molecule has 2 aromatic heterocycles. The molecule has 8 heteroatoms. The molecule has 2 N–H and O–H groups in total. The number of anilines is 1. The van der Waals surface area contributed by atoms with Gasteiger partial charge in [0, 0.05) is 16.5 Å². The number of H-pyrrole nitrogens is 1. The number of benzene rings is 1. The van der Waals surface area contributed by atoms with Crippen LogP contribution in [0.5, 0.6) is 0 Å². The van der Waals surface area contributed by atoms with E-state index in [0.717, 1.165) is 34.3 Å². The lowest BCUT2D eigenvalue weighted by Crippen LogP contribution is -2.27. The third kappa shape index (κ3) is 2.97. The van der Waals surface area contributed by atoms with E-state index in [1.54, 1.807) is 12.3 Å². The number of thioether (sulfide) groups is 1. The highest BCUT2D eigenvalue weighted by molar-refractivity contribution is 8.19. The summed E-state index contributed by atoms with van der Waals surface area (Å²) >= 11 is 2.50. The lowest BCUT2D eigenvalue weighted by molar-refractivity contribution is -0.113. The van der Waals surface area contributed by atoms with Crippen LogP contribution >= 0.6 is 23.1 Å². The van der Waals surface area contributed by atoms with Crippen LogP contribution < -0.4 is 4.90 Å². The summed E-state index contributed by atoms with van der Waals surface area (Å²) < 4.78 is 0. The second-order valence-electron chi connectivity index (χ2n) is 5.89. The van der Waals surface area contributed by atoms with Crippen LogP contribution in [0.2, 0.25) is 0 Å². The second kappa shape index (κ2) is 6.54. The second-order valence-corrected chi connectivity index (χ2v) is 7.76. The summed E-state index contributed by atoms with van der Waals surface area (Å²) in [6.45, 7) is 3.90. The van der Waals surface area contributed by atoms with Crippen molar-refractivity contribution in [1.29, 1.82) is 5.41 Å². The fraction of sp³-hybridized carbons (Fsp3) is 0.111. The largest absolute Gasteiger partial charge is 0.278 e. The smallest absolute Gasteiger partial charge is 0.273 e. The quantitative estimate of drug-likeness (QED) is 0.666. The van der Waals surface area contributed by atoms with Crippen LogP contribution in [0.25, 0.3) is 17.3 Å². The number of carbonyl (C=O) groups is 1. The van der Waals surface area contributed by atoms with Crippen LogP contribution in [0.4, 0.5) is 5.13 Å². The Kier molecular flexibility index (Phi) is 4.21. The maximum Gasteiger partial charge on any atom is 0.273 e. The zero-order valence-corrected chi connectivity index (χ0v) is 15.7. The molecule has 1 aliphatic heterocycles. The first-order valence-electron chi connectivity index (χ1n) is 7.88. The average Bonchev–Trinajstić information content (AvgIpc) is 3.30. The van der Waals surface area contributed by atoms with Crippen molar-refractivity contribution in [2.24, 2.45) is 0 Å². The van der Waals surface area contributed by atoms with E-state index in [1.165, 1.54) is 21.8 Å². The predicted molar refractivity (Wildman–Crippen MR) is 106 cm³/mol. The van der Waals surface area contributed by atoms with Crippen LogP contribution in [-0.4, -0.2) is 26.3 Å². The van der Waals surface area contributed by atoms with Gasteiger partial charge in [-0.2, -0.15) is 5.10 Å². The molecule has 1 fully saturated rings. The third-order valence-electron chi connectivity index (χ3n) is 3.92. The fourth-order valence-electron chi connectivity index (χ4n) is 2.60. The van der Waals surface area contributed by atoms with E-state index in [4.69, 9.17) is 5.41 Å². The molecule has 130 valence electrons. The van der Waals surface area contributed by atoms with Crippen molar-refractivity contribution in [1.82, 2.24) is 15.2 Å². The number of rotatable bonds is 3. The lowest BCUT2D eigenvalue weighted by Gasteiger charge is -2.09. The minimum absolute atomic E-state index is 0.163. The first-order valence-corrected chi connectivity index (χ1v) is 9.57. The normalized spacial score (nSPS) is 16.1. The lowest BCUT2D eigenvalue weighted by atomic mass is 10.1. The average molecular weight is 381 g/mol. The van der Waals surface area contributed by atoms with E-state index in [9.17, 15) is 4.79 Å². The SMILES string of the molecule is Cc1ccc(-c2[nH]ncc2/C=C2\SC(=N)N(c3nc(C)cs3)C2=O)cc1. The molecule has 3 aromatic rings. The molecule has 3 heterocycles. The molecule has 4 rings (SSSR count). The number of aromatic nitrogens is 3. The minimum atomic E-state index is -0.231. The van der Waals surface area contributed by atoms with Crippen LogP contribution in [-0.2, 0) is 4.79 Å². The molecule has 0 bridgehead atoms. The van der Waals surface area contributed by atoms with Gasteiger partial charge in [0.1, 0.15) is 0 Å². The van der Waals surface area contributed by atoms with Gasteiger partial charge in [-0.3, -0.25) is 15.3 Å².